The predicted octanol–water partition coefficient (Wildman–Crippen LogP) is 2.17. The summed E-state index contributed by atoms with van der Waals surface area (Å²) in [5.41, 5.74) is 3.31. The quantitative estimate of drug-likeness (QED) is 0.821. The van der Waals surface area contributed by atoms with Crippen molar-refractivity contribution in [2.24, 2.45) is 0 Å². The van der Waals surface area contributed by atoms with Gasteiger partial charge in [0, 0.05) is 12.1 Å². The summed E-state index contributed by atoms with van der Waals surface area (Å²) >= 11 is 5.41. The minimum atomic E-state index is -0.179. The normalized spacial score (nSPS) is 10.0. The molecule has 0 saturated carbocycles. The highest BCUT2D eigenvalue weighted by molar-refractivity contribution is 6.27. The van der Waals surface area contributed by atoms with Gasteiger partial charge in [0.1, 0.15) is 11.6 Å². The van der Waals surface area contributed by atoms with Crippen LogP contribution in [0.15, 0.2) is 12.1 Å². The Balaban J connectivity index is 2.86. The molecule has 0 aliphatic heterocycles. The Morgan fingerprint density at radius 1 is 1.38 bits per heavy atom. The number of amides is 1. The van der Waals surface area contributed by atoms with Crippen LogP contribution in [-0.2, 0) is 11.3 Å². The van der Waals surface area contributed by atoms with Crippen LogP contribution < -0.4 is 10.1 Å². The van der Waals surface area contributed by atoms with Crippen molar-refractivity contribution in [3.05, 3.63) is 28.8 Å². The fraction of sp³-hybridized carbons (Fsp3) is 0.417. The fourth-order valence-electron chi connectivity index (χ4n) is 1.42. The Kier molecular flexibility index (Phi) is 4.62. The van der Waals surface area contributed by atoms with E-state index in [1.165, 1.54) is 11.1 Å². The lowest BCUT2D eigenvalue weighted by Crippen LogP contribution is -2.24. The van der Waals surface area contributed by atoms with Crippen LogP contribution in [0, 0.1) is 13.8 Å². The summed E-state index contributed by atoms with van der Waals surface area (Å²) in [6, 6.07) is 3.99. The number of halogens is 1. The van der Waals surface area contributed by atoms with Gasteiger partial charge in [-0.1, -0.05) is 6.07 Å². The minimum absolute atomic E-state index is 0.0207. The van der Waals surface area contributed by atoms with Crippen LogP contribution in [0.5, 0.6) is 5.75 Å². The summed E-state index contributed by atoms with van der Waals surface area (Å²) < 4.78 is 5.26. The van der Waals surface area contributed by atoms with Gasteiger partial charge in [-0.15, -0.1) is 11.6 Å². The molecule has 0 saturated heterocycles. The summed E-state index contributed by atoms with van der Waals surface area (Å²) in [5, 5.41) is 2.72. The first kappa shape index (κ1) is 12.8. The second-order valence-electron chi connectivity index (χ2n) is 3.66. The van der Waals surface area contributed by atoms with Crippen LogP contribution in [-0.4, -0.2) is 18.9 Å². The predicted molar refractivity (Wildman–Crippen MR) is 65.0 cm³/mol. The number of alkyl halides is 1. The molecule has 0 radical (unpaired) electrons. The second kappa shape index (κ2) is 5.75. The van der Waals surface area contributed by atoms with Gasteiger partial charge in [-0.3, -0.25) is 4.79 Å². The molecular weight excluding hydrogens is 226 g/mol. The summed E-state index contributed by atoms with van der Waals surface area (Å²) in [4.78, 5) is 11.1. The van der Waals surface area contributed by atoms with Crippen molar-refractivity contribution in [2.45, 2.75) is 20.4 Å². The number of hydrogen-bond acceptors (Lipinski definition) is 2. The topological polar surface area (TPSA) is 38.3 Å². The van der Waals surface area contributed by atoms with Crippen LogP contribution in [0.1, 0.15) is 16.7 Å². The monoisotopic (exact) mass is 241 g/mol. The number of carbonyl (C=O) groups is 1. The van der Waals surface area contributed by atoms with Crippen molar-refractivity contribution in [1.82, 2.24) is 5.32 Å². The molecule has 0 atom stereocenters. The fourth-order valence-corrected chi connectivity index (χ4v) is 1.51. The van der Waals surface area contributed by atoms with E-state index in [1.807, 2.05) is 26.0 Å². The Bertz CT molecular complexity index is 391. The highest BCUT2D eigenvalue weighted by Gasteiger charge is 2.07. The summed E-state index contributed by atoms with van der Waals surface area (Å²) in [6.07, 6.45) is 0. The maximum Gasteiger partial charge on any atom is 0.235 e. The molecule has 1 aromatic rings. The van der Waals surface area contributed by atoms with E-state index in [9.17, 15) is 4.79 Å². The molecule has 0 aliphatic carbocycles. The first-order chi connectivity index (χ1) is 7.58. The molecule has 4 heteroatoms. The maximum absolute atomic E-state index is 11.1. The molecule has 0 fully saturated rings. The zero-order valence-corrected chi connectivity index (χ0v) is 10.5. The van der Waals surface area contributed by atoms with E-state index in [2.05, 4.69) is 5.32 Å². The number of methoxy groups -OCH3 is 1. The molecule has 16 heavy (non-hydrogen) atoms. The average Bonchev–Trinajstić information content (AvgIpc) is 2.29. The lowest BCUT2D eigenvalue weighted by atomic mass is 10.0. The standard InChI is InChI=1S/C12H16ClNO2/c1-8-4-10(7-14-12(15)6-13)11(16-3)5-9(8)2/h4-5H,6-7H2,1-3H3,(H,14,15). The van der Waals surface area contributed by atoms with Gasteiger partial charge in [0.2, 0.25) is 5.91 Å². The molecule has 1 amide bonds. The van der Waals surface area contributed by atoms with Gasteiger partial charge in [0.25, 0.3) is 0 Å². The second-order valence-corrected chi connectivity index (χ2v) is 3.93. The van der Waals surface area contributed by atoms with E-state index in [0.29, 0.717) is 6.54 Å². The molecule has 0 heterocycles. The Labute approximate surface area is 101 Å². The molecule has 88 valence electrons. The van der Waals surface area contributed by atoms with Crippen LogP contribution >= 0.6 is 11.6 Å². The van der Waals surface area contributed by atoms with Crippen LogP contribution in [0.3, 0.4) is 0 Å². The first-order valence-electron chi connectivity index (χ1n) is 5.05. The number of rotatable bonds is 4. The lowest BCUT2D eigenvalue weighted by molar-refractivity contribution is -0.118. The highest BCUT2D eigenvalue weighted by Crippen LogP contribution is 2.22. The molecule has 0 aliphatic rings. The molecule has 0 aromatic heterocycles. The molecule has 0 bridgehead atoms. The van der Waals surface area contributed by atoms with Crippen molar-refractivity contribution in [3.8, 4) is 5.75 Å². The van der Waals surface area contributed by atoms with Crippen molar-refractivity contribution < 1.29 is 9.53 Å². The van der Waals surface area contributed by atoms with Gasteiger partial charge in [-0.05, 0) is 31.0 Å². The lowest BCUT2D eigenvalue weighted by Gasteiger charge is -2.12. The highest BCUT2D eigenvalue weighted by atomic mass is 35.5. The van der Waals surface area contributed by atoms with E-state index < -0.39 is 0 Å². The third-order valence-electron chi connectivity index (χ3n) is 2.49. The summed E-state index contributed by atoms with van der Waals surface area (Å²) in [5.74, 6) is 0.590. The SMILES string of the molecule is COc1cc(C)c(C)cc1CNC(=O)CCl. The third-order valence-corrected chi connectivity index (χ3v) is 2.74. The number of aryl methyl sites for hydroxylation is 2. The maximum atomic E-state index is 11.1. The average molecular weight is 242 g/mol. The van der Waals surface area contributed by atoms with Gasteiger partial charge in [-0.25, -0.2) is 0 Å². The van der Waals surface area contributed by atoms with Gasteiger partial charge in [0.05, 0.1) is 7.11 Å². The number of ether oxygens (including phenoxy) is 1. The van der Waals surface area contributed by atoms with Gasteiger partial charge in [-0.2, -0.15) is 0 Å². The molecule has 1 aromatic carbocycles. The van der Waals surface area contributed by atoms with Gasteiger partial charge >= 0.3 is 0 Å². The number of carbonyl (C=O) groups excluding carboxylic acids is 1. The van der Waals surface area contributed by atoms with E-state index in [0.717, 1.165) is 11.3 Å². The van der Waals surface area contributed by atoms with E-state index in [1.54, 1.807) is 7.11 Å². The largest absolute Gasteiger partial charge is 0.496 e. The Hall–Kier alpha value is -1.22. The zero-order chi connectivity index (χ0) is 12.1. The Morgan fingerprint density at radius 3 is 2.56 bits per heavy atom. The first-order valence-corrected chi connectivity index (χ1v) is 5.58. The van der Waals surface area contributed by atoms with Crippen molar-refractivity contribution in [1.29, 1.82) is 0 Å². The molecule has 0 unspecified atom stereocenters. The van der Waals surface area contributed by atoms with E-state index >= 15 is 0 Å². The van der Waals surface area contributed by atoms with Crippen LogP contribution in [0.2, 0.25) is 0 Å². The number of nitrogens with one attached hydrogen (secondary N) is 1. The summed E-state index contributed by atoms with van der Waals surface area (Å²) in [6.45, 7) is 4.50. The molecule has 1 N–H and O–H groups in total. The van der Waals surface area contributed by atoms with E-state index in [-0.39, 0.29) is 11.8 Å². The van der Waals surface area contributed by atoms with Crippen LogP contribution in [0.4, 0.5) is 0 Å². The molecule has 1 rings (SSSR count). The molecular formula is C12H16ClNO2. The van der Waals surface area contributed by atoms with Gasteiger partial charge < -0.3 is 10.1 Å². The van der Waals surface area contributed by atoms with Crippen molar-refractivity contribution >= 4 is 17.5 Å². The van der Waals surface area contributed by atoms with Gasteiger partial charge in [0.15, 0.2) is 0 Å². The van der Waals surface area contributed by atoms with Crippen LogP contribution in [0.25, 0.3) is 0 Å². The third kappa shape index (κ3) is 3.14. The number of benzene rings is 1. The molecule has 3 nitrogen and oxygen atoms in total. The molecule has 0 spiro atoms. The summed E-state index contributed by atoms with van der Waals surface area (Å²) in [7, 11) is 1.62. The van der Waals surface area contributed by atoms with E-state index in [4.69, 9.17) is 16.3 Å². The smallest absolute Gasteiger partial charge is 0.235 e. The zero-order valence-electron chi connectivity index (χ0n) is 9.76. The Morgan fingerprint density at radius 2 is 2.00 bits per heavy atom. The van der Waals surface area contributed by atoms with Crippen molar-refractivity contribution in [2.75, 3.05) is 13.0 Å². The van der Waals surface area contributed by atoms with Crippen molar-refractivity contribution in [3.63, 3.8) is 0 Å². The minimum Gasteiger partial charge on any atom is -0.496 e. The number of hydrogen-bond donors (Lipinski definition) is 1.